The molecular weight excluding hydrogens is 207 g/mol. The maximum absolute atomic E-state index is 12.7. The molecule has 16 heavy (non-hydrogen) atoms. The lowest BCUT2D eigenvalue weighted by Crippen LogP contribution is -2.35. The molecule has 1 rings (SSSR count). The van der Waals surface area contributed by atoms with Crippen molar-refractivity contribution < 1.29 is 9.18 Å². The van der Waals surface area contributed by atoms with Gasteiger partial charge in [-0.1, -0.05) is 12.1 Å². The summed E-state index contributed by atoms with van der Waals surface area (Å²) in [6, 6.07) is 6.15. The average molecular weight is 224 g/mol. The van der Waals surface area contributed by atoms with Crippen molar-refractivity contribution in [3.8, 4) is 0 Å². The van der Waals surface area contributed by atoms with Crippen LogP contribution in [0.15, 0.2) is 24.3 Å². The molecule has 0 aliphatic carbocycles. The molecule has 88 valence electrons. The summed E-state index contributed by atoms with van der Waals surface area (Å²) in [6.45, 7) is 2.23. The summed E-state index contributed by atoms with van der Waals surface area (Å²) >= 11 is 0. The number of hydrogen-bond acceptors (Lipinski definition) is 2. The number of carbonyl (C=O) groups excluding carboxylic acids is 1. The van der Waals surface area contributed by atoms with Crippen LogP contribution in [0.1, 0.15) is 18.5 Å². The maximum atomic E-state index is 12.7. The van der Waals surface area contributed by atoms with Crippen molar-refractivity contribution in [1.29, 1.82) is 0 Å². The highest BCUT2D eigenvalue weighted by Gasteiger charge is 2.16. The van der Waals surface area contributed by atoms with Crippen LogP contribution in [0.3, 0.4) is 0 Å². The molecule has 0 aromatic heterocycles. The molecule has 1 aromatic carbocycles. The van der Waals surface area contributed by atoms with Gasteiger partial charge in [0.2, 0.25) is 5.91 Å². The first-order valence-corrected chi connectivity index (χ1v) is 5.22. The molecular formula is C12H17FN2O. The van der Waals surface area contributed by atoms with Gasteiger partial charge < -0.3 is 10.2 Å². The van der Waals surface area contributed by atoms with Crippen LogP contribution in [0.2, 0.25) is 0 Å². The Morgan fingerprint density at radius 1 is 1.44 bits per heavy atom. The van der Waals surface area contributed by atoms with Crippen molar-refractivity contribution in [3.05, 3.63) is 35.6 Å². The van der Waals surface area contributed by atoms with E-state index in [4.69, 9.17) is 0 Å². The number of nitrogens with one attached hydrogen (secondary N) is 1. The molecule has 0 radical (unpaired) electrons. The van der Waals surface area contributed by atoms with Crippen LogP contribution in [-0.4, -0.2) is 31.4 Å². The van der Waals surface area contributed by atoms with Crippen LogP contribution in [-0.2, 0) is 4.79 Å². The van der Waals surface area contributed by atoms with Gasteiger partial charge >= 0.3 is 0 Å². The van der Waals surface area contributed by atoms with Crippen molar-refractivity contribution in [2.75, 3.05) is 20.6 Å². The van der Waals surface area contributed by atoms with E-state index in [2.05, 4.69) is 5.32 Å². The fourth-order valence-electron chi connectivity index (χ4n) is 1.46. The normalized spacial score (nSPS) is 12.2. The second kappa shape index (κ2) is 5.61. The van der Waals surface area contributed by atoms with Crippen LogP contribution >= 0.6 is 0 Å². The third-order valence-corrected chi connectivity index (χ3v) is 2.65. The van der Waals surface area contributed by atoms with E-state index >= 15 is 0 Å². The smallest absolute Gasteiger partial charge is 0.236 e. The Morgan fingerprint density at radius 3 is 2.50 bits per heavy atom. The zero-order valence-electron chi connectivity index (χ0n) is 9.83. The molecule has 0 heterocycles. The number of nitrogens with zero attached hydrogens (tertiary/aromatic N) is 1. The zero-order valence-corrected chi connectivity index (χ0v) is 9.83. The topological polar surface area (TPSA) is 32.3 Å². The van der Waals surface area contributed by atoms with Crippen molar-refractivity contribution in [1.82, 2.24) is 10.2 Å². The Hall–Kier alpha value is -1.42. The Morgan fingerprint density at radius 2 is 2.00 bits per heavy atom. The lowest BCUT2D eigenvalue weighted by Gasteiger charge is -2.25. The molecule has 0 saturated carbocycles. The molecule has 3 nitrogen and oxygen atoms in total. The minimum Gasteiger partial charge on any atom is -0.338 e. The minimum atomic E-state index is -0.264. The lowest BCUT2D eigenvalue weighted by molar-refractivity contribution is -0.130. The van der Waals surface area contributed by atoms with E-state index in [1.165, 1.54) is 12.1 Å². The molecule has 1 N–H and O–H groups in total. The number of rotatable bonds is 4. The average Bonchev–Trinajstić information content (AvgIpc) is 2.28. The van der Waals surface area contributed by atoms with Crippen LogP contribution in [0, 0.1) is 5.82 Å². The van der Waals surface area contributed by atoms with Gasteiger partial charge in [-0.05, 0) is 31.7 Å². The van der Waals surface area contributed by atoms with Crippen LogP contribution in [0.4, 0.5) is 4.39 Å². The van der Waals surface area contributed by atoms with Crippen molar-refractivity contribution in [2.45, 2.75) is 13.0 Å². The molecule has 0 bridgehead atoms. The Kier molecular flexibility index (Phi) is 4.43. The number of benzene rings is 1. The van der Waals surface area contributed by atoms with E-state index in [0.717, 1.165) is 5.56 Å². The van der Waals surface area contributed by atoms with Gasteiger partial charge in [-0.15, -0.1) is 0 Å². The Balaban J connectivity index is 2.73. The molecule has 0 spiro atoms. The molecule has 0 fully saturated rings. The highest BCUT2D eigenvalue weighted by atomic mass is 19.1. The highest BCUT2D eigenvalue weighted by Crippen LogP contribution is 2.18. The summed E-state index contributed by atoms with van der Waals surface area (Å²) in [4.78, 5) is 13.3. The van der Waals surface area contributed by atoms with E-state index in [0.29, 0.717) is 6.54 Å². The Bertz CT molecular complexity index is 351. The van der Waals surface area contributed by atoms with Gasteiger partial charge in [0.1, 0.15) is 5.82 Å². The van der Waals surface area contributed by atoms with Crippen LogP contribution < -0.4 is 5.32 Å². The second-order valence-corrected chi connectivity index (χ2v) is 3.76. The number of carbonyl (C=O) groups is 1. The van der Waals surface area contributed by atoms with Gasteiger partial charge in [-0.2, -0.15) is 0 Å². The van der Waals surface area contributed by atoms with E-state index in [1.54, 1.807) is 31.1 Å². The van der Waals surface area contributed by atoms with Crippen LogP contribution in [0.25, 0.3) is 0 Å². The third-order valence-electron chi connectivity index (χ3n) is 2.65. The summed E-state index contributed by atoms with van der Waals surface area (Å²) in [5.74, 6) is -0.250. The summed E-state index contributed by atoms with van der Waals surface area (Å²) in [6.07, 6.45) is 0. The van der Waals surface area contributed by atoms with Crippen molar-refractivity contribution >= 4 is 5.91 Å². The first kappa shape index (κ1) is 12.6. The molecule has 1 aromatic rings. The third kappa shape index (κ3) is 3.03. The number of amides is 1. The second-order valence-electron chi connectivity index (χ2n) is 3.76. The largest absolute Gasteiger partial charge is 0.338 e. The molecule has 0 saturated heterocycles. The predicted octanol–water partition coefficient (Wildman–Crippen LogP) is 1.56. The Labute approximate surface area is 95.3 Å². The number of hydrogen-bond donors (Lipinski definition) is 1. The van der Waals surface area contributed by atoms with Gasteiger partial charge in [0.05, 0.1) is 12.6 Å². The fraction of sp³-hybridized carbons (Fsp3) is 0.417. The fourth-order valence-corrected chi connectivity index (χ4v) is 1.46. The SMILES string of the molecule is CNCC(=O)N(C)C(C)c1ccc(F)cc1. The lowest BCUT2D eigenvalue weighted by atomic mass is 10.1. The summed E-state index contributed by atoms with van der Waals surface area (Å²) in [7, 11) is 3.47. The van der Waals surface area contributed by atoms with Crippen molar-refractivity contribution in [3.63, 3.8) is 0 Å². The summed E-state index contributed by atoms with van der Waals surface area (Å²) < 4.78 is 12.7. The zero-order chi connectivity index (χ0) is 12.1. The maximum Gasteiger partial charge on any atom is 0.236 e. The molecule has 1 amide bonds. The molecule has 1 unspecified atom stereocenters. The minimum absolute atomic E-state index is 0.0133. The van der Waals surface area contributed by atoms with E-state index in [9.17, 15) is 9.18 Å². The molecule has 0 aliphatic heterocycles. The molecule has 0 aliphatic rings. The number of halogens is 1. The molecule has 1 atom stereocenters. The van der Waals surface area contributed by atoms with E-state index < -0.39 is 0 Å². The van der Waals surface area contributed by atoms with Gasteiger partial charge in [0.25, 0.3) is 0 Å². The van der Waals surface area contributed by atoms with Gasteiger partial charge in [-0.25, -0.2) is 4.39 Å². The monoisotopic (exact) mass is 224 g/mol. The van der Waals surface area contributed by atoms with E-state index in [1.807, 2.05) is 6.92 Å². The van der Waals surface area contributed by atoms with Crippen LogP contribution in [0.5, 0.6) is 0 Å². The first-order valence-electron chi connectivity index (χ1n) is 5.22. The quantitative estimate of drug-likeness (QED) is 0.842. The standard InChI is InChI=1S/C12H17FN2O/c1-9(15(3)12(16)8-14-2)10-4-6-11(13)7-5-10/h4-7,9,14H,8H2,1-3H3. The summed E-state index contributed by atoms with van der Waals surface area (Å²) in [5.41, 5.74) is 0.924. The predicted molar refractivity (Wildman–Crippen MR) is 61.5 cm³/mol. The summed E-state index contributed by atoms with van der Waals surface area (Å²) in [5, 5.41) is 2.81. The van der Waals surface area contributed by atoms with E-state index in [-0.39, 0.29) is 17.8 Å². The van der Waals surface area contributed by atoms with Gasteiger partial charge in [-0.3, -0.25) is 4.79 Å². The van der Waals surface area contributed by atoms with Crippen molar-refractivity contribution in [2.24, 2.45) is 0 Å². The number of likely N-dealkylation sites (N-methyl/N-ethyl adjacent to an activating group) is 2. The van der Waals surface area contributed by atoms with Gasteiger partial charge in [0.15, 0.2) is 0 Å². The van der Waals surface area contributed by atoms with Gasteiger partial charge in [0, 0.05) is 7.05 Å². The highest BCUT2D eigenvalue weighted by molar-refractivity contribution is 5.78. The first-order chi connectivity index (χ1) is 7.56. The molecule has 4 heteroatoms.